The van der Waals surface area contributed by atoms with Crippen LogP contribution in [0.1, 0.15) is 40.0 Å². The Kier molecular flexibility index (Phi) is 16.9. The first-order chi connectivity index (χ1) is 8.08. The van der Waals surface area contributed by atoms with Crippen LogP contribution in [0.25, 0.3) is 0 Å². The molecule has 104 valence electrons. The van der Waals surface area contributed by atoms with Crippen molar-refractivity contribution in [2.45, 2.75) is 40.0 Å². The monoisotopic (exact) mass is 266 g/mol. The van der Waals surface area contributed by atoms with E-state index < -0.39 is 15.6 Å². The van der Waals surface area contributed by atoms with Gasteiger partial charge in [0.2, 0.25) is 0 Å². The van der Waals surface area contributed by atoms with Gasteiger partial charge >= 0.3 is 15.6 Å². The Morgan fingerprint density at radius 2 is 1.18 bits per heavy atom. The minimum absolute atomic E-state index is 0.677. The summed E-state index contributed by atoms with van der Waals surface area (Å²) in [6, 6.07) is -0.833. The quantitative estimate of drug-likeness (QED) is 0.701. The van der Waals surface area contributed by atoms with Gasteiger partial charge in [0.25, 0.3) is 0 Å². The van der Waals surface area contributed by atoms with E-state index in [-0.39, 0.29) is 0 Å². The largest absolute Gasteiger partial charge is 0.484 e. The van der Waals surface area contributed by atoms with Crippen LogP contribution >= 0.6 is 0 Å². The molecule has 1 aliphatic carbocycles. The lowest BCUT2D eigenvalue weighted by Crippen LogP contribution is -2.27. The third kappa shape index (κ3) is 31.3. The molecule has 0 aromatic carbocycles. The van der Waals surface area contributed by atoms with E-state index in [2.05, 4.69) is 11.5 Å². The molecule has 0 spiro atoms. The van der Waals surface area contributed by atoms with Crippen molar-refractivity contribution in [3.8, 4) is 0 Å². The zero-order valence-electron chi connectivity index (χ0n) is 11.1. The van der Waals surface area contributed by atoms with Gasteiger partial charge in [0.15, 0.2) is 0 Å². The van der Waals surface area contributed by atoms with Gasteiger partial charge in [-0.25, -0.2) is 4.79 Å². The van der Waals surface area contributed by atoms with Crippen molar-refractivity contribution in [1.82, 2.24) is 0 Å². The Morgan fingerprint density at radius 3 is 1.29 bits per heavy atom. The Balaban J connectivity index is 0. The van der Waals surface area contributed by atoms with E-state index >= 15 is 0 Å². The fourth-order valence-corrected chi connectivity index (χ4v) is 1.66. The highest BCUT2D eigenvalue weighted by molar-refractivity contribution is 6.36. The maximum Gasteiger partial charge on any atom is 0.484 e. The molecular formula is C10H26N2O4Si. The van der Waals surface area contributed by atoms with Crippen molar-refractivity contribution in [2.24, 2.45) is 11.5 Å². The summed E-state index contributed by atoms with van der Waals surface area (Å²) in [5.74, 6) is 0. The molecule has 1 saturated carbocycles. The normalized spacial score (nSPS) is 12.0. The number of primary amides is 2. The molecule has 1 fully saturated rings. The molecule has 7 heteroatoms. The second-order valence-corrected chi connectivity index (χ2v) is 4.70. The van der Waals surface area contributed by atoms with Gasteiger partial charge in [-0.1, -0.05) is 19.3 Å². The highest BCUT2D eigenvalue weighted by atomic mass is 28.3. The van der Waals surface area contributed by atoms with E-state index in [0.29, 0.717) is 19.8 Å². The third-order valence-electron chi connectivity index (χ3n) is 1.26. The van der Waals surface area contributed by atoms with E-state index in [1.54, 1.807) is 0 Å². The molecule has 0 saturated heterocycles. The summed E-state index contributed by atoms with van der Waals surface area (Å²) < 4.78 is 15.7. The van der Waals surface area contributed by atoms with Gasteiger partial charge in [0.05, 0.1) is 0 Å². The molecule has 6 nitrogen and oxygen atoms in total. The Labute approximate surface area is 106 Å². The lowest BCUT2D eigenvalue weighted by Gasteiger charge is -2.12. The topological polar surface area (TPSA) is 96.8 Å². The second-order valence-electron chi connectivity index (χ2n) is 3.12. The average molecular weight is 266 g/mol. The van der Waals surface area contributed by atoms with Gasteiger partial charge in [-0.2, -0.15) is 0 Å². The van der Waals surface area contributed by atoms with E-state index in [1.807, 2.05) is 20.8 Å². The number of urea groups is 1. The Hall–Kier alpha value is -0.633. The van der Waals surface area contributed by atoms with Crippen LogP contribution < -0.4 is 11.5 Å². The molecule has 1 rings (SSSR count). The van der Waals surface area contributed by atoms with Gasteiger partial charge in [-0.15, -0.1) is 0 Å². The highest BCUT2D eigenvalue weighted by Crippen LogP contribution is 2.14. The summed E-state index contributed by atoms with van der Waals surface area (Å²) in [6.07, 6.45) is 4.50. The van der Waals surface area contributed by atoms with Crippen molar-refractivity contribution < 1.29 is 18.1 Å². The first-order valence-corrected chi connectivity index (χ1v) is 7.39. The second kappa shape index (κ2) is 15.4. The molecule has 2 amide bonds. The van der Waals surface area contributed by atoms with Crippen LogP contribution in [0.4, 0.5) is 4.79 Å². The number of rotatable bonds is 6. The molecule has 0 aromatic heterocycles. The zero-order chi connectivity index (χ0) is 13.5. The predicted molar refractivity (Wildman–Crippen MR) is 69.6 cm³/mol. The van der Waals surface area contributed by atoms with Gasteiger partial charge in [0, 0.05) is 19.8 Å². The number of hydrogen-bond acceptors (Lipinski definition) is 4. The summed E-state index contributed by atoms with van der Waals surface area (Å²) in [6.45, 7) is 7.86. The molecule has 4 N–H and O–H groups in total. The average Bonchev–Trinajstić information content (AvgIpc) is 3.04. The SMILES string of the molecule is C1CC1.CCO[SiH](OCC)OCC.NC(N)=O. The molecule has 0 aromatic rings. The maximum atomic E-state index is 9.00. The van der Waals surface area contributed by atoms with Crippen LogP contribution in [0.15, 0.2) is 0 Å². The smallest absolute Gasteiger partial charge is 0.376 e. The van der Waals surface area contributed by atoms with E-state index in [9.17, 15) is 0 Å². The molecular weight excluding hydrogens is 240 g/mol. The van der Waals surface area contributed by atoms with Crippen molar-refractivity contribution in [1.29, 1.82) is 0 Å². The fraction of sp³-hybridized carbons (Fsp3) is 0.900. The van der Waals surface area contributed by atoms with Crippen molar-refractivity contribution >= 4 is 15.6 Å². The summed E-state index contributed by atoms with van der Waals surface area (Å²) in [5, 5.41) is 0. The third-order valence-corrected chi connectivity index (χ3v) is 3.08. The van der Waals surface area contributed by atoms with Crippen molar-refractivity contribution in [3.63, 3.8) is 0 Å². The number of nitrogens with two attached hydrogens (primary N) is 2. The molecule has 0 bridgehead atoms. The van der Waals surface area contributed by atoms with E-state index in [0.717, 1.165) is 0 Å². The molecule has 0 heterocycles. The van der Waals surface area contributed by atoms with Gasteiger partial charge < -0.3 is 24.7 Å². The fourth-order valence-electron chi connectivity index (χ4n) is 0.553. The van der Waals surface area contributed by atoms with E-state index in [1.165, 1.54) is 19.3 Å². The van der Waals surface area contributed by atoms with Gasteiger partial charge in [-0.05, 0) is 20.8 Å². The highest BCUT2D eigenvalue weighted by Gasteiger charge is 2.11. The Morgan fingerprint density at radius 1 is 0.941 bits per heavy atom. The molecule has 1 aliphatic rings. The minimum atomic E-state index is -1.73. The number of carbonyl (C=O) groups excluding carboxylic acids is 1. The van der Waals surface area contributed by atoms with Crippen LogP contribution in [-0.2, 0) is 13.3 Å². The summed E-state index contributed by atoms with van der Waals surface area (Å²) in [5.41, 5.74) is 8.50. The van der Waals surface area contributed by atoms with Crippen LogP contribution in [-0.4, -0.2) is 35.4 Å². The summed E-state index contributed by atoms with van der Waals surface area (Å²) in [4.78, 5) is 9.00. The lowest BCUT2D eigenvalue weighted by atomic mass is 10.9. The molecule has 17 heavy (non-hydrogen) atoms. The standard InChI is InChI=1S/C6H16O3Si.C3H6.CH4N2O/c1-4-7-10(8-5-2)9-6-3;1-2-3-1;2-1(3)4/h10H,4-6H2,1-3H3;1-3H2;(H4,2,3,4). The number of amides is 2. The maximum absolute atomic E-state index is 9.00. The molecule has 0 unspecified atom stereocenters. The number of hydrogen-bond donors (Lipinski definition) is 2. The zero-order valence-corrected chi connectivity index (χ0v) is 12.3. The van der Waals surface area contributed by atoms with Crippen LogP contribution in [0.3, 0.4) is 0 Å². The molecule has 0 atom stereocenters. The van der Waals surface area contributed by atoms with Crippen LogP contribution in [0, 0.1) is 0 Å². The van der Waals surface area contributed by atoms with Crippen molar-refractivity contribution in [2.75, 3.05) is 19.8 Å². The van der Waals surface area contributed by atoms with Crippen LogP contribution in [0.5, 0.6) is 0 Å². The van der Waals surface area contributed by atoms with Gasteiger partial charge in [-0.3, -0.25) is 0 Å². The first-order valence-electron chi connectivity index (χ1n) is 5.98. The van der Waals surface area contributed by atoms with Crippen molar-refractivity contribution in [3.05, 3.63) is 0 Å². The van der Waals surface area contributed by atoms with Crippen LogP contribution in [0.2, 0.25) is 0 Å². The van der Waals surface area contributed by atoms with Gasteiger partial charge in [0.1, 0.15) is 0 Å². The molecule has 0 aliphatic heterocycles. The summed E-state index contributed by atoms with van der Waals surface area (Å²) in [7, 11) is -1.73. The number of carbonyl (C=O) groups is 1. The lowest BCUT2D eigenvalue weighted by molar-refractivity contribution is 0.107. The summed E-state index contributed by atoms with van der Waals surface area (Å²) >= 11 is 0. The predicted octanol–water partition coefficient (Wildman–Crippen LogP) is 1.01. The minimum Gasteiger partial charge on any atom is -0.376 e. The first kappa shape index (κ1) is 18.7. The Bertz CT molecular complexity index is 149. The molecule has 0 radical (unpaired) electrons. The van der Waals surface area contributed by atoms with E-state index in [4.69, 9.17) is 18.1 Å².